The molecule has 1 aromatic carbocycles. The number of benzene rings is 1. The number of hydrogen-bond donors (Lipinski definition) is 1. The van der Waals surface area contributed by atoms with Gasteiger partial charge >= 0.3 is 0 Å². The Hall–Kier alpha value is -1.87. The first-order valence-electron chi connectivity index (χ1n) is 5.11. The van der Waals surface area contributed by atoms with Gasteiger partial charge < -0.3 is 10.5 Å². The maximum atomic E-state index is 5.75. The topological polar surface area (TPSA) is 47.6 Å². The average Bonchev–Trinajstić information content (AvgIpc) is 2.30. The van der Waals surface area contributed by atoms with E-state index in [-0.39, 0.29) is 6.10 Å². The SMILES string of the molecule is C=C1C=CN=C(N)C1OCc1ccccc1. The van der Waals surface area contributed by atoms with E-state index in [0.29, 0.717) is 12.4 Å². The van der Waals surface area contributed by atoms with E-state index in [9.17, 15) is 0 Å². The Morgan fingerprint density at radius 1 is 1.31 bits per heavy atom. The van der Waals surface area contributed by atoms with Crippen molar-refractivity contribution in [2.24, 2.45) is 10.7 Å². The van der Waals surface area contributed by atoms with Crippen LogP contribution in [0.15, 0.2) is 59.8 Å². The highest BCUT2D eigenvalue weighted by molar-refractivity contribution is 5.89. The molecule has 0 aliphatic carbocycles. The maximum Gasteiger partial charge on any atom is 0.139 e. The first-order chi connectivity index (χ1) is 7.77. The predicted molar refractivity (Wildman–Crippen MR) is 64.9 cm³/mol. The summed E-state index contributed by atoms with van der Waals surface area (Å²) in [5.41, 5.74) is 7.69. The summed E-state index contributed by atoms with van der Waals surface area (Å²) >= 11 is 0. The van der Waals surface area contributed by atoms with E-state index >= 15 is 0 Å². The molecule has 1 aliphatic rings. The van der Waals surface area contributed by atoms with E-state index < -0.39 is 0 Å². The molecular weight excluding hydrogens is 200 g/mol. The Labute approximate surface area is 94.9 Å². The lowest BCUT2D eigenvalue weighted by Gasteiger charge is -2.19. The van der Waals surface area contributed by atoms with E-state index in [1.807, 2.05) is 36.4 Å². The summed E-state index contributed by atoms with van der Waals surface area (Å²) in [7, 11) is 0. The van der Waals surface area contributed by atoms with Crippen LogP contribution < -0.4 is 5.73 Å². The van der Waals surface area contributed by atoms with Gasteiger partial charge in [0.2, 0.25) is 0 Å². The van der Waals surface area contributed by atoms with E-state index in [1.54, 1.807) is 6.20 Å². The molecule has 1 aromatic rings. The smallest absolute Gasteiger partial charge is 0.139 e. The predicted octanol–water partition coefficient (Wildman–Crippen LogP) is 2.01. The number of amidine groups is 1. The first-order valence-corrected chi connectivity index (χ1v) is 5.11. The van der Waals surface area contributed by atoms with Crippen LogP contribution in [0.3, 0.4) is 0 Å². The van der Waals surface area contributed by atoms with Crippen LogP contribution in [0.4, 0.5) is 0 Å². The van der Waals surface area contributed by atoms with Gasteiger partial charge in [-0.15, -0.1) is 0 Å². The van der Waals surface area contributed by atoms with Crippen molar-refractivity contribution in [3.8, 4) is 0 Å². The highest BCUT2D eigenvalue weighted by Crippen LogP contribution is 2.14. The van der Waals surface area contributed by atoms with Crippen molar-refractivity contribution in [1.82, 2.24) is 0 Å². The number of rotatable bonds is 3. The molecule has 1 atom stereocenters. The van der Waals surface area contributed by atoms with Gasteiger partial charge in [0.15, 0.2) is 0 Å². The summed E-state index contributed by atoms with van der Waals surface area (Å²) in [6.45, 7) is 4.39. The second kappa shape index (κ2) is 4.77. The van der Waals surface area contributed by atoms with Crippen LogP contribution >= 0.6 is 0 Å². The van der Waals surface area contributed by atoms with Crippen LogP contribution in [-0.2, 0) is 11.3 Å². The molecule has 1 aliphatic heterocycles. The third-order valence-corrected chi connectivity index (χ3v) is 2.38. The van der Waals surface area contributed by atoms with Gasteiger partial charge in [-0.05, 0) is 17.2 Å². The Bertz CT molecular complexity index is 435. The molecule has 2 rings (SSSR count). The van der Waals surface area contributed by atoms with E-state index in [4.69, 9.17) is 10.5 Å². The summed E-state index contributed by atoms with van der Waals surface area (Å²) in [5.74, 6) is 0.462. The molecule has 82 valence electrons. The molecule has 0 radical (unpaired) electrons. The summed E-state index contributed by atoms with van der Waals surface area (Å²) < 4.78 is 5.69. The van der Waals surface area contributed by atoms with Crippen LogP contribution in [-0.4, -0.2) is 11.9 Å². The van der Waals surface area contributed by atoms with Crippen molar-refractivity contribution in [3.05, 3.63) is 60.3 Å². The number of aliphatic imine (C=N–C) groups is 1. The lowest BCUT2D eigenvalue weighted by Crippen LogP contribution is -2.33. The van der Waals surface area contributed by atoms with Crippen molar-refractivity contribution >= 4 is 5.84 Å². The minimum Gasteiger partial charge on any atom is -0.385 e. The van der Waals surface area contributed by atoms with Gasteiger partial charge in [0, 0.05) is 6.20 Å². The van der Waals surface area contributed by atoms with Gasteiger partial charge in [0.05, 0.1) is 6.61 Å². The third kappa shape index (κ3) is 2.38. The van der Waals surface area contributed by atoms with Gasteiger partial charge in [-0.3, -0.25) is 0 Å². The maximum absolute atomic E-state index is 5.75. The molecule has 0 amide bonds. The number of ether oxygens (including phenoxy) is 1. The monoisotopic (exact) mass is 214 g/mol. The van der Waals surface area contributed by atoms with Gasteiger partial charge in [0.1, 0.15) is 11.9 Å². The van der Waals surface area contributed by atoms with Gasteiger partial charge in [-0.1, -0.05) is 36.9 Å². The first kappa shape index (κ1) is 10.6. The second-order valence-electron chi connectivity index (χ2n) is 3.62. The Kier molecular flexibility index (Phi) is 3.17. The molecule has 1 heterocycles. The molecule has 3 nitrogen and oxygen atoms in total. The number of hydrogen-bond acceptors (Lipinski definition) is 3. The molecule has 0 aromatic heterocycles. The van der Waals surface area contributed by atoms with Crippen LogP contribution in [0.25, 0.3) is 0 Å². The second-order valence-corrected chi connectivity index (χ2v) is 3.62. The third-order valence-electron chi connectivity index (χ3n) is 2.38. The molecule has 3 heteroatoms. The molecule has 0 fully saturated rings. The highest BCUT2D eigenvalue weighted by Gasteiger charge is 2.18. The van der Waals surface area contributed by atoms with E-state index in [2.05, 4.69) is 11.6 Å². The molecule has 0 saturated heterocycles. The molecular formula is C13H14N2O. The normalized spacial score (nSPS) is 19.6. The Morgan fingerprint density at radius 2 is 2.06 bits per heavy atom. The summed E-state index contributed by atoms with van der Waals surface area (Å²) in [6.07, 6.45) is 3.15. The quantitative estimate of drug-likeness (QED) is 0.836. The van der Waals surface area contributed by atoms with Crippen molar-refractivity contribution < 1.29 is 4.74 Å². The largest absolute Gasteiger partial charge is 0.385 e. The molecule has 0 bridgehead atoms. The van der Waals surface area contributed by atoms with Crippen molar-refractivity contribution in [3.63, 3.8) is 0 Å². The zero-order chi connectivity index (χ0) is 11.4. The van der Waals surface area contributed by atoms with Gasteiger partial charge in [0.25, 0.3) is 0 Å². The van der Waals surface area contributed by atoms with Crippen LogP contribution in [0.5, 0.6) is 0 Å². The van der Waals surface area contributed by atoms with Crippen molar-refractivity contribution in [1.29, 1.82) is 0 Å². The van der Waals surface area contributed by atoms with Crippen molar-refractivity contribution in [2.75, 3.05) is 0 Å². The van der Waals surface area contributed by atoms with Crippen molar-refractivity contribution in [2.45, 2.75) is 12.7 Å². The van der Waals surface area contributed by atoms with Crippen LogP contribution in [0.1, 0.15) is 5.56 Å². The summed E-state index contributed by atoms with van der Waals surface area (Å²) in [6, 6.07) is 9.95. The fourth-order valence-electron chi connectivity index (χ4n) is 1.51. The Balaban J connectivity index is 1.98. The van der Waals surface area contributed by atoms with E-state index in [1.165, 1.54) is 0 Å². The molecule has 1 unspecified atom stereocenters. The zero-order valence-electron chi connectivity index (χ0n) is 8.97. The molecule has 0 spiro atoms. The molecule has 16 heavy (non-hydrogen) atoms. The minimum atomic E-state index is -0.301. The zero-order valence-corrected chi connectivity index (χ0v) is 8.97. The average molecular weight is 214 g/mol. The van der Waals surface area contributed by atoms with Gasteiger partial charge in [-0.25, -0.2) is 4.99 Å². The minimum absolute atomic E-state index is 0.301. The van der Waals surface area contributed by atoms with Crippen LogP contribution in [0.2, 0.25) is 0 Å². The summed E-state index contributed by atoms with van der Waals surface area (Å²) in [5, 5.41) is 0. The Morgan fingerprint density at radius 3 is 2.75 bits per heavy atom. The molecule has 2 N–H and O–H groups in total. The fraction of sp³-hybridized carbons (Fsp3) is 0.154. The van der Waals surface area contributed by atoms with Gasteiger partial charge in [-0.2, -0.15) is 0 Å². The standard InChI is InChI=1S/C13H14N2O/c1-10-7-8-15-13(14)12(10)16-9-11-5-3-2-4-6-11/h2-8,12H,1,9H2,(H2,14,15). The highest BCUT2D eigenvalue weighted by atomic mass is 16.5. The summed E-state index contributed by atoms with van der Waals surface area (Å²) in [4.78, 5) is 4.00. The molecule has 0 saturated carbocycles. The lowest BCUT2D eigenvalue weighted by atomic mass is 10.1. The number of nitrogens with zero attached hydrogens (tertiary/aromatic N) is 1. The number of nitrogens with two attached hydrogens (primary N) is 1. The van der Waals surface area contributed by atoms with E-state index in [0.717, 1.165) is 11.1 Å². The lowest BCUT2D eigenvalue weighted by molar-refractivity contribution is 0.107. The fourth-order valence-corrected chi connectivity index (χ4v) is 1.51. The van der Waals surface area contributed by atoms with Crippen LogP contribution in [0, 0.1) is 0 Å².